The van der Waals surface area contributed by atoms with E-state index in [0.29, 0.717) is 22.2 Å². The molecule has 84 valence electrons. The molecule has 0 aliphatic rings. The minimum atomic E-state index is 0.424. The van der Waals surface area contributed by atoms with E-state index in [0.717, 1.165) is 5.56 Å². The molecule has 17 heavy (non-hydrogen) atoms. The van der Waals surface area contributed by atoms with Crippen molar-refractivity contribution in [3.63, 3.8) is 0 Å². The highest BCUT2D eigenvalue weighted by Gasteiger charge is 2.05. The summed E-state index contributed by atoms with van der Waals surface area (Å²) in [6.07, 6.45) is 2.95. The smallest absolute Gasteiger partial charge is 0.159 e. The van der Waals surface area contributed by atoms with Gasteiger partial charge in [0, 0.05) is 18.0 Å². The molecule has 0 saturated heterocycles. The number of ether oxygens (including phenoxy) is 1. The average Bonchev–Trinajstić information content (AvgIpc) is 2.39. The van der Waals surface area contributed by atoms with E-state index in [1.165, 1.54) is 12.4 Å². The van der Waals surface area contributed by atoms with Crippen molar-refractivity contribution in [2.45, 2.75) is 0 Å². The number of nitrogens with zero attached hydrogens (tertiary/aromatic N) is 3. The molecule has 2 rings (SSSR count). The van der Waals surface area contributed by atoms with Gasteiger partial charge in [-0.1, -0.05) is 11.6 Å². The first-order valence-corrected chi connectivity index (χ1v) is 5.18. The van der Waals surface area contributed by atoms with Crippen LogP contribution in [-0.4, -0.2) is 17.1 Å². The molecule has 0 saturated carbocycles. The molecule has 0 spiro atoms. The van der Waals surface area contributed by atoms with Crippen molar-refractivity contribution in [3.8, 4) is 23.2 Å². The minimum Gasteiger partial charge on any atom is -0.495 e. The summed E-state index contributed by atoms with van der Waals surface area (Å²) in [7, 11) is 1.55. The summed E-state index contributed by atoms with van der Waals surface area (Å²) in [5.74, 6) is 1.12. The maximum absolute atomic E-state index is 8.64. The van der Waals surface area contributed by atoms with Gasteiger partial charge in [-0.05, 0) is 18.2 Å². The van der Waals surface area contributed by atoms with Crippen molar-refractivity contribution in [2.24, 2.45) is 0 Å². The van der Waals surface area contributed by atoms with Crippen LogP contribution in [0.25, 0.3) is 11.4 Å². The van der Waals surface area contributed by atoms with Crippen molar-refractivity contribution in [1.29, 1.82) is 5.26 Å². The van der Waals surface area contributed by atoms with E-state index in [1.54, 1.807) is 19.2 Å². The minimum absolute atomic E-state index is 0.424. The SMILES string of the molecule is COc1ccc(-c2ncc(C#N)cn2)cc1Cl. The first-order valence-electron chi connectivity index (χ1n) is 4.80. The lowest BCUT2D eigenvalue weighted by Gasteiger charge is -2.04. The van der Waals surface area contributed by atoms with Gasteiger partial charge in [-0.2, -0.15) is 5.26 Å². The third-order valence-electron chi connectivity index (χ3n) is 2.19. The Hall–Kier alpha value is -2.12. The van der Waals surface area contributed by atoms with E-state index >= 15 is 0 Å². The van der Waals surface area contributed by atoms with Crippen LogP contribution in [0.15, 0.2) is 30.6 Å². The predicted octanol–water partition coefficient (Wildman–Crippen LogP) is 2.68. The molecular weight excluding hydrogens is 238 g/mol. The molecule has 0 aliphatic carbocycles. The highest BCUT2D eigenvalue weighted by molar-refractivity contribution is 6.32. The highest BCUT2D eigenvalue weighted by atomic mass is 35.5. The summed E-state index contributed by atoms with van der Waals surface area (Å²) in [6, 6.07) is 7.25. The van der Waals surface area contributed by atoms with Crippen LogP contribution >= 0.6 is 11.6 Å². The second-order valence-electron chi connectivity index (χ2n) is 3.26. The molecular formula is C12H8ClN3O. The molecule has 4 nitrogen and oxygen atoms in total. The lowest BCUT2D eigenvalue weighted by atomic mass is 10.2. The molecule has 0 fully saturated rings. The number of hydrogen-bond donors (Lipinski definition) is 0. The van der Waals surface area contributed by atoms with Crippen LogP contribution in [0.4, 0.5) is 0 Å². The van der Waals surface area contributed by atoms with Crippen LogP contribution < -0.4 is 4.74 Å². The van der Waals surface area contributed by atoms with E-state index < -0.39 is 0 Å². The van der Waals surface area contributed by atoms with Crippen molar-refractivity contribution >= 4 is 11.6 Å². The molecule has 0 amide bonds. The van der Waals surface area contributed by atoms with Crippen molar-refractivity contribution in [3.05, 3.63) is 41.2 Å². The van der Waals surface area contributed by atoms with Gasteiger partial charge in [0.15, 0.2) is 5.82 Å². The Morgan fingerprint density at radius 1 is 1.29 bits per heavy atom. The molecule has 0 unspecified atom stereocenters. The van der Waals surface area contributed by atoms with Gasteiger partial charge in [0.25, 0.3) is 0 Å². The largest absolute Gasteiger partial charge is 0.495 e. The summed E-state index contributed by atoms with van der Waals surface area (Å²) in [5, 5.41) is 9.14. The summed E-state index contributed by atoms with van der Waals surface area (Å²) >= 11 is 6.01. The molecule has 0 aliphatic heterocycles. The van der Waals surface area contributed by atoms with Crippen molar-refractivity contribution < 1.29 is 4.74 Å². The van der Waals surface area contributed by atoms with E-state index in [1.807, 2.05) is 12.1 Å². The molecule has 1 aromatic carbocycles. The Balaban J connectivity index is 2.40. The van der Waals surface area contributed by atoms with Crippen LogP contribution in [0.2, 0.25) is 5.02 Å². The Morgan fingerprint density at radius 3 is 2.53 bits per heavy atom. The zero-order chi connectivity index (χ0) is 12.3. The van der Waals surface area contributed by atoms with Gasteiger partial charge in [-0.15, -0.1) is 0 Å². The zero-order valence-corrected chi connectivity index (χ0v) is 9.77. The molecule has 1 aromatic heterocycles. The topological polar surface area (TPSA) is 58.8 Å². The summed E-state index contributed by atoms with van der Waals surface area (Å²) < 4.78 is 5.06. The predicted molar refractivity (Wildman–Crippen MR) is 63.7 cm³/mol. The van der Waals surface area contributed by atoms with Crippen LogP contribution in [-0.2, 0) is 0 Å². The Kier molecular flexibility index (Phi) is 3.22. The van der Waals surface area contributed by atoms with E-state index in [9.17, 15) is 0 Å². The number of benzene rings is 1. The summed E-state index contributed by atoms with van der Waals surface area (Å²) in [5.41, 5.74) is 1.20. The molecule has 5 heteroatoms. The Bertz CT molecular complexity index is 575. The maximum Gasteiger partial charge on any atom is 0.159 e. The number of aromatic nitrogens is 2. The fourth-order valence-electron chi connectivity index (χ4n) is 1.34. The second kappa shape index (κ2) is 4.81. The number of nitriles is 1. The van der Waals surface area contributed by atoms with Crippen LogP contribution in [0, 0.1) is 11.3 Å². The van der Waals surface area contributed by atoms with Gasteiger partial charge in [0.05, 0.1) is 17.7 Å². The Labute approximate surface area is 103 Å². The van der Waals surface area contributed by atoms with Crippen LogP contribution in [0.5, 0.6) is 5.75 Å². The standard InChI is InChI=1S/C12H8ClN3O/c1-17-11-3-2-9(4-10(11)13)12-15-6-8(5-14)7-16-12/h2-4,6-7H,1H3. The molecule has 1 heterocycles. The third-order valence-corrected chi connectivity index (χ3v) is 2.49. The van der Waals surface area contributed by atoms with E-state index in [4.69, 9.17) is 21.6 Å². The number of halogens is 1. The van der Waals surface area contributed by atoms with Gasteiger partial charge in [-0.25, -0.2) is 9.97 Å². The van der Waals surface area contributed by atoms with Crippen LogP contribution in [0.1, 0.15) is 5.56 Å². The zero-order valence-electron chi connectivity index (χ0n) is 9.01. The fourth-order valence-corrected chi connectivity index (χ4v) is 1.60. The number of methoxy groups -OCH3 is 1. The first kappa shape index (κ1) is 11.4. The number of rotatable bonds is 2. The van der Waals surface area contributed by atoms with Crippen molar-refractivity contribution in [2.75, 3.05) is 7.11 Å². The molecule has 2 aromatic rings. The van der Waals surface area contributed by atoms with E-state index in [2.05, 4.69) is 9.97 Å². The lowest BCUT2D eigenvalue weighted by Crippen LogP contribution is -1.91. The quantitative estimate of drug-likeness (QED) is 0.816. The highest BCUT2D eigenvalue weighted by Crippen LogP contribution is 2.28. The first-order chi connectivity index (χ1) is 8.24. The summed E-state index contributed by atoms with van der Waals surface area (Å²) in [6.45, 7) is 0. The van der Waals surface area contributed by atoms with E-state index in [-0.39, 0.29) is 0 Å². The summed E-state index contributed by atoms with van der Waals surface area (Å²) in [4.78, 5) is 8.17. The van der Waals surface area contributed by atoms with Gasteiger partial charge in [0.2, 0.25) is 0 Å². The maximum atomic E-state index is 8.64. The average molecular weight is 246 g/mol. The van der Waals surface area contributed by atoms with Crippen molar-refractivity contribution in [1.82, 2.24) is 9.97 Å². The van der Waals surface area contributed by atoms with Gasteiger partial charge in [0.1, 0.15) is 11.8 Å². The normalized spacial score (nSPS) is 9.71. The monoisotopic (exact) mass is 245 g/mol. The molecule has 0 radical (unpaired) electrons. The number of hydrogen-bond acceptors (Lipinski definition) is 4. The third kappa shape index (κ3) is 2.35. The molecule has 0 atom stereocenters. The second-order valence-corrected chi connectivity index (χ2v) is 3.66. The van der Waals surface area contributed by atoms with Gasteiger partial charge in [-0.3, -0.25) is 0 Å². The van der Waals surface area contributed by atoms with Gasteiger partial charge >= 0.3 is 0 Å². The lowest BCUT2D eigenvalue weighted by molar-refractivity contribution is 0.415. The molecule has 0 N–H and O–H groups in total. The van der Waals surface area contributed by atoms with Crippen LogP contribution in [0.3, 0.4) is 0 Å². The van der Waals surface area contributed by atoms with Gasteiger partial charge < -0.3 is 4.74 Å². The fraction of sp³-hybridized carbons (Fsp3) is 0.0833. The molecule has 0 bridgehead atoms. The Morgan fingerprint density at radius 2 is 2.00 bits per heavy atom.